The summed E-state index contributed by atoms with van der Waals surface area (Å²) < 4.78 is 10.5. The van der Waals surface area contributed by atoms with Gasteiger partial charge < -0.3 is 20.1 Å². The van der Waals surface area contributed by atoms with Crippen LogP contribution in [-0.2, 0) is 6.54 Å². The molecule has 0 fully saturated rings. The number of benzene rings is 1. The molecule has 3 aromatic rings. The number of hydrogen-bond donors (Lipinski definition) is 2. The molecule has 0 radical (unpaired) electrons. The standard InChI is InChI=1S/C18H15N5O3/c24-17(23-13-4-5-15-16(7-13)26-11-25-15)12-8-20-18(21-9-12)22-10-14-3-1-2-6-19-14/h1-9H,10-11H2,(H,23,24)(H,20,21,22). The van der Waals surface area contributed by atoms with E-state index in [1.54, 1.807) is 24.4 Å². The second-order valence-corrected chi connectivity index (χ2v) is 5.49. The van der Waals surface area contributed by atoms with Crippen molar-refractivity contribution in [3.05, 3.63) is 66.2 Å². The van der Waals surface area contributed by atoms with Crippen LogP contribution in [0.15, 0.2) is 55.0 Å². The Balaban J connectivity index is 1.37. The van der Waals surface area contributed by atoms with Gasteiger partial charge in [-0.05, 0) is 24.3 Å². The Bertz CT molecular complexity index is 916. The van der Waals surface area contributed by atoms with Crippen molar-refractivity contribution in [1.29, 1.82) is 0 Å². The first-order chi connectivity index (χ1) is 12.8. The van der Waals surface area contributed by atoms with Crippen LogP contribution in [-0.4, -0.2) is 27.7 Å². The van der Waals surface area contributed by atoms with Gasteiger partial charge in [-0.15, -0.1) is 0 Å². The number of carbonyl (C=O) groups excluding carboxylic acids is 1. The summed E-state index contributed by atoms with van der Waals surface area (Å²) >= 11 is 0. The normalized spacial score (nSPS) is 11.8. The maximum atomic E-state index is 12.3. The fraction of sp³-hybridized carbons (Fsp3) is 0.111. The molecular weight excluding hydrogens is 334 g/mol. The lowest BCUT2D eigenvalue weighted by Crippen LogP contribution is -2.13. The molecule has 8 heteroatoms. The molecule has 3 heterocycles. The highest BCUT2D eigenvalue weighted by Crippen LogP contribution is 2.34. The van der Waals surface area contributed by atoms with Gasteiger partial charge in [-0.3, -0.25) is 9.78 Å². The van der Waals surface area contributed by atoms with Crippen molar-refractivity contribution in [2.45, 2.75) is 6.54 Å². The summed E-state index contributed by atoms with van der Waals surface area (Å²) in [5.41, 5.74) is 1.84. The predicted octanol–water partition coefficient (Wildman–Crippen LogP) is 2.46. The van der Waals surface area contributed by atoms with Gasteiger partial charge in [-0.2, -0.15) is 0 Å². The van der Waals surface area contributed by atoms with Gasteiger partial charge in [0.2, 0.25) is 12.7 Å². The van der Waals surface area contributed by atoms with Gasteiger partial charge in [0.25, 0.3) is 5.91 Å². The molecule has 8 nitrogen and oxygen atoms in total. The van der Waals surface area contributed by atoms with Crippen molar-refractivity contribution in [3.8, 4) is 11.5 Å². The van der Waals surface area contributed by atoms with Crippen LogP contribution in [0, 0.1) is 0 Å². The largest absolute Gasteiger partial charge is 0.454 e. The summed E-state index contributed by atoms with van der Waals surface area (Å²) in [7, 11) is 0. The smallest absolute Gasteiger partial charge is 0.258 e. The first-order valence-electron chi connectivity index (χ1n) is 7.95. The molecule has 1 aromatic carbocycles. The van der Waals surface area contributed by atoms with E-state index in [9.17, 15) is 4.79 Å². The first kappa shape index (κ1) is 15.8. The van der Waals surface area contributed by atoms with Crippen LogP contribution in [0.5, 0.6) is 11.5 Å². The molecule has 26 heavy (non-hydrogen) atoms. The number of hydrogen-bond acceptors (Lipinski definition) is 7. The van der Waals surface area contributed by atoms with Crippen molar-refractivity contribution in [2.24, 2.45) is 0 Å². The Morgan fingerprint density at radius 2 is 1.88 bits per heavy atom. The average molecular weight is 349 g/mol. The van der Waals surface area contributed by atoms with Crippen molar-refractivity contribution < 1.29 is 14.3 Å². The zero-order chi connectivity index (χ0) is 17.8. The first-order valence-corrected chi connectivity index (χ1v) is 7.95. The molecule has 0 saturated carbocycles. The summed E-state index contributed by atoms with van der Waals surface area (Å²) in [5.74, 6) is 1.39. The van der Waals surface area contributed by atoms with Gasteiger partial charge in [0.1, 0.15) is 0 Å². The zero-order valence-corrected chi connectivity index (χ0v) is 13.7. The maximum absolute atomic E-state index is 12.3. The summed E-state index contributed by atoms with van der Waals surface area (Å²) in [6, 6.07) is 10.9. The molecule has 0 atom stereocenters. The second kappa shape index (κ2) is 7.06. The van der Waals surface area contributed by atoms with Crippen molar-refractivity contribution in [3.63, 3.8) is 0 Å². The third-order valence-electron chi connectivity index (χ3n) is 3.70. The molecule has 0 bridgehead atoms. The minimum Gasteiger partial charge on any atom is -0.454 e. The van der Waals surface area contributed by atoms with E-state index >= 15 is 0 Å². The molecule has 0 aliphatic carbocycles. The number of carbonyl (C=O) groups is 1. The minimum absolute atomic E-state index is 0.188. The molecule has 1 aliphatic heterocycles. The topological polar surface area (TPSA) is 98.3 Å². The van der Waals surface area contributed by atoms with Gasteiger partial charge in [0.15, 0.2) is 11.5 Å². The zero-order valence-electron chi connectivity index (χ0n) is 13.7. The fourth-order valence-electron chi connectivity index (χ4n) is 2.39. The molecule has 4 rings (SSSR count). The van der Waals surface area contributed by atoms with E-state index in [4.69, 9.17) is 9.47 Å². The van der Waals surface area contributed by atoms with Crippen molar-refractivity contribution in [2.75, 3.05) is 17.4 Å². The number of aromatic nitrogens is 3. The van der Waals surface area contributed by atoms with Crippen LogP contribution < -0.4 is 20.1 Å². The lowest BCUT2D eigenvalue weighted by atomic mass is 10.2. The average Bonchev–Trinajstić information content (AvgIpc) is 3.15. The summed E-state index contributed by atoms with van der Waals surface area (Å²) in [4.78, 5) is 24.8. The molecule has 0 spiro atoms. The number of rotatable bonds is 5. The number of fused-ring (bicyclic) bond motifs is 1. The molecule has 0 saturated heterocycles. The monoisotopic (exact) mass is 349 g/mol. The molecule has 130 valence electrons. The Morgan fingerprint density at radius 3 is 2.69 bits per heavy atom. The molecule has 1 amide bonds. The SMILES string of the molecule is O=C(Nc1ccc2c(c1)OCO2)c1cnc(NCc2ccccn2)nc1. The van der Waals surface area contributed by atoms with E-state index in [1.807, 2.05) is 18.2 Å². The predicted molar refractivity (Wildman–Crippen MR) is 94.1 cm³/mol. The quantitative estimate of drug-likeness (QED) is 0.730. The van der Waals surface area contributed by atoms with Crippen LogP contribution in [0.25, 0.3) is 0 Å². The van der Waals surface area contributed by atoms with Crippen LogP contribution >= 0.6 is 0 Å². The van der Waals surface area contributed by atoms with Crippen molar-refractivity contribution >= 4 is 17.5 Å². The third-order valence-corrected chi connectivity index (χ3v) is 3.70. The molecular formula is C18H15N5O3. The highest BCUT2D eigenvalue weighted by Gasteiger charge is 2.15. The summed E-state index contributed by atoms with van der Waals surface area (Å²) in [5, 5.41) is 5.84. The highest BCUT2D eigenvalue weighted by atomic mass is 16.7. The van der Waals surface area contributed by atoms with E-state index in [-0.39, 0.29) is 12.7 Å². The van der Waals surface area contributed by atoms with Crippen LogP contribution in [0.3, 0.4) is 0 Å². The van der Waals surface area contributed by atoms with E-state index in [0.29, 0.717) is 35.2 Å². The van der Waals surface area contributed by atoms with Crippen LogP contribution in [0.4, 0.5) is 11.6 Å². The Kier molecular flexibility index (Phi) is 4.29. The van der Waals surface area contributed by atoms with Gasteiger partial charge in [0, 0.05) is 30.3 Å². The van der Waals surface area contributed by atoms with E-state index in [1.165, 1.54) is 12.4 Å². The Labute approximate surface area is 149 Å². The van der Waals surface area contributed by atoms with Gasteiger partial charge >= 0.3 is 0 Å². The number of anilines is 2. The number of pyridine rings is 1. The minimum atomic E-state index is -0.305. The molecule has 2 N–H and O–H groups in total. The molecule has 0 unspecified atom stereocenters. The van der Waals surface area contributed by atoms with Crippen molar-refractivity contribution in [1.82, 2.24) is 15.0 Å². The lowest BCUT2D eigenvalue weighted by molar-refractivity contribution is 0.102. The number of nitrogens with zero attached hydrogens (tertiary/aromatic N) is 3. The summed E-state index contributed by atoms with van der Waals surface area (Å²) in [6.07, 6.45) is 4.66. The Morgan fingerprint density at radius 1 is 1.04 bits per heavy atom. The number of amides is 1. The van der Waals surface area contributed by atoms with E-state index in [0.717, 1.165) is 5.69 Å². The van der Waals surface area contributed by atoms with Gasteiger partial charge in [-0.1, -0.05) is 6.07 Å². The highest BCUT2D eigenvalue weighted by molar-refractivity contribution is 6.04. The van der Waals surface area contributed by atoms with Crippen LogP contribution in [0.1, 0.15) is 16.1 Å². The maximum Gasteiger partial charge on any atom is 0.258 e. The lowest BCUT2D eigenvalue weighted by Gasteiger charge is -2.07. The molecule has 2 aromatic heterocycles. The van der Waals surface area contributed by atoms with E-state index < -0.39 is 0 Å². The molecule has 1 aliphatic rings. The third kappa shape index (κ3) is 3.54. The van der Waals surface area contributed by atoms with Gasteiger partial charge in [0.05, 0.1) is 17.8 Å². The van der Waals surface area contributed by atoms with Gasteiger partial charge in [-0.25, -0.2) is 9.97 Å². The summed E-state index contributed by atoms with van der Waals surface area (Å²) in [6.45, 7) is 0.692. The van der Waals surface area contributed by atoms with Crippen LogP contribution in [0.2, 0.25) is 0 Å². The Hall–Kier alpha value is -3.68. The number of nitrogens with one attached hydrogen (secondary N) is 2. The van der Waals surface area contributed by atoms with E-state index in [2.05, 4.69) is 25.6 Å². The second-order valence-electron chi connectivity index (χ2n) is 5.49. The number of ether oxygens (including phenoxy) is 2. The fourth-order valence-corrected chi connectivity index (χ4v) is 2.39.